The van der Waals surface area contributed by atoms with Gasteiger partial charge in [0.2, 0.25) is 5.91 Å². The molecule has 2 N–H and O–H groups in total. The van der Waals surface area contributed by atoms with E-state index in [-0.39, 0.29) is 22.7 Å². The predicted molar refractivity (Wildman–Crippen MR) is 160 cm³/mol. The predicted octanol–water partition coefficient (Wildman–Crippen LogP) is 6.25. The van der Waals surface area contributed by atoms with Gasteiger partial charge in [-0.25, -0.2) is 4.79 Å². The number of halogens is 3. The van der Waals surface area contributed by atoms with Crippen LogP contribution in [0.5, 0.6) is 0 Å². The van der Waals surface area contributed by atoms with Gasteiger partial charge in [0.1, 0.15) is 0 Å². The molecule has 38 heavy (non-hydrogen) atoms. The largest absolute Gasteiger partial charge is 0.351 e. The molecule has 0 saturated carbocycles. The molecular formula is C29H35Br2ClN4O2. The number of likely N-dealkylation sites (tertiary alicyclic amines) is 2. The van der Waals surface area contributed by atoms with Gasteiger partial charge < -0.3 is 15.5 Å². The Balaban J connectivity index is 1.33. The van der Waals surface area contributed by atoms with Gasteiger partial charge in [0.15, 0.2) is 0 Å². The van der Waals surface area contributed by atoms with Crippen molar-refractivity contribution in [3.05, 3.63) is 56.1 Å². The maximum atomic E-state index is 13.2. The number of hydrogen-bond donors (Lipinski definition) is 1. The molecule has 6 nitrogen and oxygen atoms in total. The van der Waals surface area contributed by atoms with Crippen LogP contribution in [0.1, 0.15) is 55.6 Å². The summed E-state index contributed by atoms with van der Waals surface area (Å²) in [5.74, 6) is 1.26. The SMILES string of the molecule is NC(=O)N1CCC(CC(=O)N2CCC(C3C4=C(C=CC(Br)C=NC4)CCc4cc(Cl)cc(Br)c43)CC2)CC1. The average Bonchev–Trinajstić information content (AvgIpc) is 3.03. The van der Waals surface area contributed by atoms with Gasteiger partial charge in [-0.3, -0.25) is 9.79 Å². The zero-order valence-corrected chi connectivity index (χ0v) is 25.5. The van der Waals surface area contributed by atoms with E-state index in [0.29, 0.717) is 37.9 Å². The number of primary amides is 1. The van der Waals surface area contributed by atoms with E-state index in [2.05, 4.69) is 55.0 Å². The van der Waals surface area contributed by atoms with Crippen LogP contribution >= 0.6 is 43.5 Å². The third-order valence-corrected chi connectivity index (χ3v) is 10.1. The van der Waals surface area contributed by atoms with Crippen LogP contribution in [-0.4, -0.2) is 65.5 Å². The number of nitrogens with two attached hydrogens (primary N) is 1. The standard InChI is InChI=1S/C29H35Br2ClN4O2/c30-22-4-3-19-1-2-21-14-23(32)15-25(31)28(21)27(24(19)17-34-16-22)20-7-11-35(12-8-20)26(37)13-18-5-9-36(10-6-18)29(33)38/h3-4,14-16,18,20,22,27H,1-2,5-13,17H2,(H2,33,38). The fraction of sp³-hybridized carbons (Fsp3) is 0.552. The fourth-order valence-corrected chi connectivity index (χ4v) is 8.07. The fourth-order valence-electron chi connectivity index (χ4n) is 6.63. The number of carbonyl (C=O) groups excluding carboxylic acids is 2. The van der Waals surface area contributed by atoms with Crippen LogP contribution in [0.3, 0.4) is 0 Å². The van der Waals surface area contributed by atoms with Gasteiger partial charge >= 0.3 is 6.03 Å². The first-order valence-electron chi connectivity index (χ1n) is 13.6. The highest BCUT2D eigenvalue weighted by molar-refractivity contribution is 9.10. The molecule has 0 aromatic heterocycles. The molecule has 204 valence electrons. The van der Waals surface area contributed by atoms with Crippen molar-refractivity contribution in [3.63, 3.8) is 0 Å². The van der Waals surface area contributed by atoms with Crippen LogP contribution in [0.25, 0.3) is 0 Å². The molecule has 1 aliphatic carbocycles. The Morgan fingerprint density at radius 3 is 2.47 bits per heavy atom. The summed E-state index contributed by atoms with van der Waals surface area (Å²) in [7, 11) is 0. The summed E-state index contributed by atoms with van der Waals surface area (Å²) in [5.41, 5.74) is 10.9. The summed E-state index contributed by atoms with van der Waals surface area (Å²) in [6.07, 6.45) is 12.6. The molecule has 1 aromatic carbocycles. The molecule has 2 fully saturated rings. The van der Waals surface area contributed by atoms with Crippen molar-refractivity contribution in [2.45, 2.75) is 55.7 Å². The maximum Gasteiger partial charge on any atom is 0.314 e. The summed E-state index contributed by atoms with van der Waals surface area (Å²) in [5, 5.41) is 0.764. The minimum atomic E-state index is -0.360. The van der Waals surface area contributed by atoms with E-state index in [9.17, 15) is 9.59 Å². The van der Waals surface area contributed by atoms with E-state index in [1.54, 1.807) is 4.90 Å². The molecule has 3 aliphatic heterocycles. The van der Waals surface area contributed by atoms with Crippen LogP contribution in [0.4, 0.5) is 4.79 Å². The van der Waals surface area contributed by atoms with Gasteiger partial charge in [-0.15, -0.1) is 0 Å². The molecule has 2 unspecified atom stereocenters. The normalized spacial score (nSPS) is 24.9. The summed E-state index contributed by atoms with van der Waals surface area (Å²) < 4.78 is 1.08. The molecule has 9 heteroatoms. The zero-order chi connectivity index (χ0) is 26.8. The Morgan fingerprint density at radius 2 is 1.76 bits per heavy atom. The second-order valence-corrected chi connectivity index (χ2v) is 13.3. The van der Waals surface area contributed by atoms with Crippen molar-refractivity contribution in [2.75, 3.05) is 32.7 Å². The quantitative estimate of drug-likeness (QED) is 0.387. The topological polar surface area (TPSA) is 79.0 Å². The lowest BCUT2D eigenvalue weighted by molar-refractivity contribution is -0.134. The summed E-state index contributed by atoms with van der Waals surface area (Å²) in [6, 6.07) is 3.80. The molecule has 3 heterocycles. The van der Waals surface area contributed by atoms with E-state index in [0.717, 1.165) is 61.1 Å². The Hall–Kier alpha value is -1.64. The first kappa shape index (κ1) is 27.9. The number of nitrogens with zero attached hydrogens (tertiary/aromatic N) is 3. The summed E-state index contributed by atoms with van der Waals surface area (Å²) in [6.45, 7) is 3.57. The Labute approximate surface area is 247 Å². The Kier molecular flexibility index (Phi) is 9.00. The van der Waals surface area contributed by atoms with E-state index in [1.807, 2.05) is 12.3 Å². The number of allylic oxidation sites excluding steroid dienone is 3. The van der Waals surface area contributed by atoms with Crippen molar-refractivity contribution in [1.82, 2.24) is 9.80 Å². The van der Waals surface area contributed by atoms with Crippen molar-refractivity contribution in [1.29, 1.82) is 0 Å². The number of alkyl halides is 1. The molecule has 4 aliphatic rings. The number of aryl methyl sites for hydroxylation is 1. The molecule has 0 bridgehead atoms. The third-order valence-electron chi connectivity index (χ3n) is 8.69. The number of benzene rings is 1. The number of hydrogen-bond acceptors (Lipinski definition) is 3. The summed E-state index contributed by atoms with van der Waals surface area (Å²) in [4.78, 5) is 33.3. The van der Waals surface area contributed by atoms with Gasteiger partial charge in [0, 0.05) is 54.2 Å². The molecule has 1 aromatic rings. The lowest BCUT2D eigenvalue weighted by Gasteiger charge is -2.39. The molecule has 0 radical (unpaired) electrons. The van der Waals surface area contributed by atoms with Crippen LogP contribution in [0, 0.1) is 11.8 Å². The number of amides is 3. The van der Waals surface area contributed by atoms with Crippen molar-refractivity contribution in [3.8, 4) is 0 Å². The third kappa shape index (κ3) is 6.23. The molecule has 0 spiro atoms. The first-order chi connectivity index (χ1) is 18.3. The molecule has 2 atom stereocenters. The maximum absolute atomic E-state index is 13.2. The molecule has 5 rings (SSSR count). The Morgan fingerprint density at radius 1 is 1.05 bits per heavy atom. The van der Waals surface area contributed by atoms with E-state index in [4.69, 9.17) is 22.3 Å². The molecular weight excluding hydrogens is 632 g/mol. The highest BCUT2D eigenvalue weighted by atomic mass is 79.9. The highest BCUT2D eigenvalue weighted by Gasteiger charge is 2.36. The van der Waals surface area contributed by atoms with Crippen LogP contribution in [0.15, 0.2) is 44.9 Å². The van der Waals surface area contributed by atoms with Crippen LogP contribution < -0.4 is 5.73 Å². The van der Waals surface area contributed by atoms with Crippen molar-refractivity contribution in [2.24, 2.45) is 22.6 Å². The van der Waals surface area contributed by atoms with Gasteiger partial charge in [-0.05, 0) is 84.8 Å². The highest BCUT2D eigenvalue weighted by Crippen LogP contribution is 2.47. The van der Waals surface area contributed by atoms with Gasteiger partial charge in [0.05, 0.1) is 11.4 Å². The zero-order valence-electron chi connectivity index (χ0n) is 21.6. The van der Waals surface area contributed by atoms with Gasteiger partial charge in [0.25, 0.3) is 0 Å². The number of aliphatic imine (C=N–C) groups is 1. The number of carbonyl (C=O) groups is 2. The smallest absolute Gasteiger partial charge is 0.314 e. The Bertz CT molecular complexity index is 1170. The number of fused-ring (bicyclic) bond motifs is 1. The second kappa shape index (κ2) is 12.3. The number of urea groups is 1. The number of piperidine rings is 2. The average molecular weight is 667 g/mol. The van der Waals surface area contributed by atoms with Crippen molar-refractivity contribution < 1.29 is 9.59 Å². The van der Waals surface area contributed by atoms with E-state index in [1.165, 1.54) is 22.3 Å². The second-order valence-electron chi connectivity index (χ2n) is 11.0. The number of rotatable bonds is 3. The lowest BCUT2D eigenvalue weighted by atomic mass is 9.74. The van der Waals surface area contributed by atoms with Gasteiger partial charge in [-0.1, -0.05) is 55.6 Å². The van der Waals surface area contributed by atoms with Crippen LogP contribution in [0.2, 0.25) is 5.02 Å². The summed E-state index contributed by atoms with van der Waals surface area (Å²) >= 11 is 14.0. The monoisotopic (exact) mass is 664 g/mol. The van der Waals surface area contributed by atoms with E-state index < -0.39 is 0 Å². The first-order valence-corrected chi connectivity index (χ1v) is 15.7. The molecule has 3 amide bonds. The minimum Gasteiger partial charge on any atom is -0.351 e. The minimum absolute atomic E-state index is 0.152. The van der Waals surface area contributed by atoms with Crippen LogP contribution in [-0.2, 0) is 11.2 Å². The van der Waals surface area contributed by atoms with Crippen molar-refractivity contribution >= 4 is 61.6 Å². The van der Waals surface area contributed by atoms with Gasteiger partial charge in [-0.2, -0.15) is 0 Å². The molecule has 2 saturated heterocycles. The van der Waals surface area contributed by atoms with E-state index >= 15 is 0 Å². The lowest BCUT2D eigenvalue weighted by Crippen LogP contribution is -2.44.